The second-order valence-electron chi connectivity index (χ2n) is 5.50. The van der Waals surface area contributed by atoms with Crippen molar-refractivity contribution in [3.05, 3.63) is 32.4 Å². The third-order valence-corrected chi connectivity index (χ3v) is 5.74. The zero-order valence-electron chi connectivity index (χ0n) is 11.2. The lowest BCUT2D eigenvalue weighted by molar-refractivity contribution is 0.0920. The van der Waals surface area contributed by atoms with Crippen molar-refractivity contribution in [2.24, 2.45) is 5.41 Å². The summed E-state index contributed by atoms with van der Waals surface area (Å²) in [5.74, 6) is 0.548. The smallest absolute Gasteiger partial charge is 0.252 e. The highest BCUT2D eigenvalue weighted by Gasteiger charge is 2.31. The highest BCUT2D eigenvalue weighted by atomic mass is 127. The van der Waals surface area contributed by atoms with Gasteiger partial charge in [-0.2, -0.15) is 0 Å². The van der Waals surface area contributed by atoms with Crippen molar-refractivity contribution < 1.29 is 4.79 Å². The molecule has 0 heterocycles. The van der Waals surface area contributed by atoms with Gasteiger partial charge in [-0.05, 0) is 53.6 Å². The van der Waals surface area contributed by atoms with E-state index in [0.717, 1.165) is 16.4 Å². The molecule has 20 heavy (non-hydrogen) atoms. The average molecular weight is 426 g/mol. The van der Waals surface area contributed by atoms with Crippen LogP contribution in [0.4, 0.5) is 0 Å². The number of carbonyl (C=O) groups excluding carboxylic acids is 1. The number of carbonyl (C=O) groups is 1. The van der Waals surface area contributed by atoms with Crippen molar-refractivity contribution >= 4 is 51.7 Å². The monoisotopic (exact) mass is 425 g/mol. The maximum atomic E-state index is 12.3. The number of amides is 1. The maximum absolute atomic E-state index is 12.3. The van der Waals surface area contributed by atoms with Gasteiger partial charge in [0.1, 0.15) is 0 Å². The fraction of sp³-hybridized carbons (Fsp3) is 0.533. The molecule has 110 valence electrons. The van der Waals surface area contributed by atoms with Crippen molar-refractivity contribution in [3.8, 4) is 0 Å². The Labute approximate surface area is 143 Å². The van der Waals surface area contributed by atoms with Gasteiger partial charge in [-0.1, -0.05) is 30.9 Å². The van der Waals surface area contributed by atoms with Crippen LogP contribution in [-0.4, -0.2) is 18.3 Å². The Hall–Kier alpha value is -0.000000000000000111. The van der Waals surface area contributed by atoms with Crippen LogP contribution in [0, 0.1) is 8.99 Å². The number of alkyl halides is 1. The van der Waals surface area contributed by atoms with Crippen molar-refractivity contribution in [2.75, 3.05) is 12.4 Å². The van der Waals surface area contributed by atoms with Gasteiger partial charge in [0.25, 0.3) is 5.91 Å². The summed E-state index contributed by atoms with van der Waals surface area (Å²) in [7, 11) is 0. The van der Waals surface area contributed by atoms with Crippen LogP contribution in [0.25, 0.3) is 0 Å². The molecule has 1 aromatic carbocycles. The van der Waals surface area contributed by atoms with E-state index >= 15 is 0 Å². The largest absolute Gasteiger partial charge is 0.351 e. The molecule has 0 radical (unpaired) electrons. The number of hydrogen-bond acceptors (Lipinski definition) is 1. The molecule has 0 unspecified atom stereocenters. The predicted molar refractivity (Wildman–Crippen MR) is 92.7 cm³/mol. The van der Waals surface area contributed by atoms with Gasteiger partial charge in [0.05, 0.1) is 5.56 Å². The van der Waals surface area contributed by atoms with Crippen LogP contribution in [0.2, 0.25) is 5.02 Å². The van der Waals surface area contributed by atoms with Crippen molar-refractivity contribution in [1.29, 1.82) is 0 Å². The number of rotatable bonds is 4. The highest BCUT2D eigenvalue weighted by molar-refractivity contribution is 14.1. The molecule has 1 aliphatic carbocycles. The first kappa shape index (κ1) is 16.4. The predicted octanol–water partition coefficient (Wildman–Crippen LogP) is 4.86. The minimum Gasteiger partial charge on any atom is -0.351 e. The highest BCUT2D eigenvalue weighted by Crippen LogP contribution is 2.36. The Morgan fingerprint density at radius 1 is 1.30 bits per heavy atom. The molecule has 0 spiro atoms. The lowest BCUT2D eigenvalue weighted by Gasteiger charge is -2.35. The Morgan fingerprint density at radius 2 is 2.00 bits per heavy atom. The fourth-order valence-corrected chi connectivity index (χ4v) is 3.81. The number of halogens is 3. The van der Waals surface area contributed by atoms with E-state index in [1.54, 1.807) is 12.1 Å². The van der Waals surface area contributed by atoms with Gasteiger partial charge in [0.15, 0.2) is 0 Å². The summed E-state index contributed by atoms with van der Waals surface area (Å²) in [6, 6.07) is 5.37. The first-order valence-electron chi connectivity index (χ1n) is 6.86. The summed E-state index contributed by atoms with van der Waals surface area (Å²) < 4.78 is 0.910. The van der Waals surface area contributed by atoms with Gasteiger partial charge in [-0.15, -0.1) is 11.6 Å². The molecule has 5 heteroatoms. The van der Waals surface area contributed by atoms with Crippen molar-refractivity contribution in [2.45, 2.75) is 32.1 Å². The standard InChI is InChI=1S/C15H18Cl2INO/c16-9-15(6-2-1-3-7-15)10-19-14(20)12-8-11(17)4-5-13(12)18/h4-5,8H,1-3,6-7,9-10H2,(H,19,20). The van der Waals surface area contributed by atoms with Crippen LogP contribution in [0.15, 0.2) is 18.2 Å². The Morgan fingerprint density at radius 3 is 2.65 bits per heavy atom. The maximum Gasteiger partial charge on any atom is 0.252 e. The quantitative estimate of drug-likeness (QED) is 0.541. The normalized spacial score (nSPS) is 17.8. The van der Waals surface area contributed by atoms with Gasteiger partial charge >= 0.3 is 0 Å². The van der Waals surface area contributed by atoms with Crippen LogP contribution in [0.1, 0.15) is 42.5 Å². The fourth-order valence-electron chi connectivity index (χ4n) is 2.69. The van der Waals surface area contributed by atoms with E-state index in [0.29, 0.717) is 23.0 Å². The molecule has 1 aliphatic rings. The summed E-state index contributed by atoms with van der Waals surface area (Å²) >= 11 is 14.3. The summed E-state index contributed by atoms with van der Waals surface area (Å²) in [4.78, 5) is 12.3. The Kier molecular flexibility index (Phi) is 5.99. The van der Waals surface area contributed by atoms with Gasteiger partial charge < -0.3 is 5.32 Å². The topological polar surface area (TPSA) is 29.1 Å². The molecular weight excluding hydrogens is 408 g/mol. The molecule has 0 bridgehead atoms. The molecule has 2 nitrogen and oxygen atoms in total. The molecule has 1 aromatic rings. The first-order chi connectivity index (χ1) is 9.56. The van der Waals surface area contributed by atoms with Gasteiger partial charge in [-0.3, -0.25) is 4.79 Å². The second-order valence-corrected chi connectivity index (χ2v) is 7.37. The van der Waals surface area contributed by atoms with E-state index in [9.17, 15) is 4.79 Å². The second kappa shape index (κ2) is 7.32. The molecule has 1 saturated carbocycles. The van der Waals surface area contributed by atoms with Crippen LogP contribution in [-0.2, 0) is 0 Å². The summed E-state index contributed by atoms with van der Waals surface area (Å²) in [5, 5.41) is 3.63. The average Bonchev–Trinajstić information content (AvgIpc) is 2.48. The lowest BCUT2D eigenvalue weighted by Crippen LogP contribution is -2.40. The Balaban J connectivity index is 2.02. The van der Waals surface area contributed by atoms with E-state index in [1.807, 2.05) is 6.07 Å². The van der Waals surface area contributed by atoms with E-state index in [4.69, 9.17) is 23.2 Å². The molecule has 1 fully saturated rings. The number of benzene rings is 1. The molecule has 0 saturated heterocycles. The van der Waals surface area contributed by atoms with E-state index in [1.165, 1.54) is 19.3 Å². The first-order valence-corrected chi connectivity index (χ1v) is 8.85. The van der Waals surface area contributed by atoms with Crippen molar-refractivity contribution in [3.63, 3.8) is 0 Å². The van der Waals surface area contributed by atoms with Crippen LogP contribution < -0.4 is 5.32 Å². The third kappa shape index (κ3) is 4.01. The summed E-state index contributed by atoms with van der Waals surface area (Å²) in [6.45, 7) is 0.651. The summed E-state index contributed by atoms with van der Waals surface area (Å²) in [6.07, 6.45) is 5.89. The van der Waals surface area contributed by atoms with E-state index < -0.39 is 0 Å². The van der Waals surface area contributed by atoms with Crippen LogP contribution in [0.3, 0.4) is 0 Å². The molecule has 2 rings (SSSR count). The molecular formula is C15H18Cl2INO. The molecule has 1 amide bonds. The SMILES string of the molecule is O=C(NCC1(CCl)CCCCC1)c1cc(Cl)ccc1I. The van der Waals surface area contributed by atoms with Crippen molar-refractivity contribution in [1.82, 2.24) is 5.32 Å². The zero-order chi connectivity index (χ0) is 14.6. The van der Waals surface area contributed by atoms with Gasteiger partial charge in [0.2, 0.25) is 0 Å². The minimum atomic E-state index is -0.0630. The van der Waals surface area contributed by atoms with Crippen LogP contribution in [0.5, 0.6) is 0 Å². The molecule has 0 atom stereocenters. The van der Waals surface area contributed by atoms with E-state index in [2.05, 4.69) is 27.9 Å². The zero-order valence-corrected chi connectivity index (χ0v) is 14.9. The third-order valence-electron chi connectivity index (χ3n) is 3.99. The lowest BCUT2D eigenvalue weighted by atomic mass is 9.75. The van der Waals surface area contributed by atoms with Crippen LogP contribution >= 0.6 is 45.8 Å². The minimum absolute atomic E-state index is 0.0630. The summed E-state index contributed by atoms with van der Waals surface area (Å²) in [5.41, 5.74) is 0.707. The molecule has 0 aromatic heterocycles. The molecule has 1 N–H and O–H groups in total. The van der Waals surface area contributed by atoms with E-state index in [-0.39, 0.29) is 11.3 Å². The van der Waals surface area contributed by atoms with Gasteiger partial charge in [0, 0.05) is 26.4 Å². The number of hydrogen-bond donors (Lipinski definition) is 1. The Bertz CT molecular complexity index is 487. The van der Waals surface area contributed by atoms with Gasteiger partial charge in [-0.25, -0.2) is 0 Å². The number of nitrogens with one attached hydrogen (secondary N) is 1. The molecule has 0 aliphatic heterocycles.